The Hall–Kier alpha value is 0.210. The molecular formula is C5H11ClO2. The van der Waals surface area contributed by atoms with Gasteiger partial charge in [-0.15, -0.1) is 0 Å². The summed E-state index contributed by atoms with van der Waals surface area (Å²) in [5.41, 5.74) is -0.556. The van der Waals surface area contributed by atoms with Crippen LogP contribution in [0, 0.1) is 0 Å². The van der Waals surface area contributed by atoms with Crippen LogP contribution in [0.3, 0.4) is 0 Å². The number of aliphatic hydroxyl groups excluding tert-OH is 1. The van der Waals surface area contributed by atoms with Gasteiger partial charge in [0.1, 0.15) is 0 Å². The molecule has 0 fully saturated rings. The lowest BCUT2D eigenvalue weighted by Crippen LogP contribution is -2.19. The smallest absolute Gasteiger partial charge is 0.156 e. The summed E-state index contributed by atoms with van der Waals surface area (Å²) in [7, 11) is 0. The molecule has 0 bridgehead atoms. The van der Waals surface area contributed by atoms with Crippen molar-refractivity contribution in [1.29, 1.82) is 0 Å². The van der Waals surface area contributed by atoms with Crippen LogP contribution in [0.1, 0.15) is 13.8 Å². The van der Waals surface area contributed by atoms with Gasteiger partial charge in [0.2, 0.25) is 0 Å². The lowest BCUT2D eigenvalue weighted by Gasteiger charge is -2.10. The fraction of sp³-hybridized carbons (Fsp3) is 1.00. The summed E-state index contributed by atoms with van der Waals surface area (Å²) in [5, 5.41) is 8.70. The Morgan fingerprint density at radius 2 is 2.25 bits per heavy atom. The molecule has 0 aromatic carbocycles. The van der Waals surface area contributed by atoms with Crippen molar-refractivity contribution in [1.82, 2.24) is 0 Å². The molecule has 0 aliphatic heterocycles. The van der Waals surface area contributed by atoms with Gasteiger partial charge in [0.15, 0.2) is 5.56 Å². The highest BCUT2D eigenvalue weighted by molar-refractivity contribution is 6.20. The van der Waals surface area contributed by atoms with E-state index in [2.05, 4.69) is 0 Å². The molecule has 2 atom stereocenters. The standard InChI is InChI=1S/C5H11ClO2/c1-3-8-5(6)4(2)7/h4-5,7H,3H2,1-2H3. The Balaban J connectivity index is 3.17. The Bertz CT molecular complexity index is 56.4. The first-order valence-corrected chi connectivity index (χ1v) is 3.06. The monoisotopic (exact) mass is 138 g/mol. The van der Waals surface area contributed by atoms with E-state index in [1.165, 1.54) is 0 Å². The summed E-state index contributed by atoms with van der Waals surface area (Å²) in [4.78, 5) is 0. The normalized spacial score (nSPS) is 18.0. The van der Waals surface area contributed by atoms with Crippen LogP contribution in [0.5, 0.6) is 0 Å². The SMILES string of the molecule is CCOC(Cl)C(C)O. The topological polar surface area (TPSA) is 29.5 Å². The van der Waals surface area contributed by atoms with E-state index in [1.807, 2.05) is 6.92 Å². The Morgan fingerprint density at radius 1 is 1.75 bits per heavy atom. The minimum atomic E-state index is -0.586. The Morgan fingerprint density at radius 3 is 2.38 bits per heavy atom. The van der Waals surface area contributed by atoms with Gasteiger partial charge >= 0.3 is 0 Å². The second kappa shape index (κ2) is 4.13. The first-order chi connectivity index (χ1) is 3.68. The second-order valence-electron chi connectivity index (χ2n) is 1.55. The van der Waals surface area contributed by atoms with Crippen LogP contribution in [0.4, 0.5) is 0 Å². The van der Waals surface area contributed by atoms with Gasteiger partial charge in [0.05, 0.1) is 6.10 Å². The number of hydrogen-bond donors (Lipinski definition) is 1. The van der Waals surface area contributed by atoms with Gasteiger partial charge in [-0.05, 0) is 13.8 Å². The van der Waals surface area contributed by atoms with Crippen molar-refractivity contribution in [2.24, 2.45) is 0 Å². The molecule has 0 amide bonds. The molecule has 1 N–H and O–H groups in total. The average molecular weight is 139 g/mol. The summed E-state index contributed by atoms with van der Waals surface area (Å²) >= 11 is 5.44. The third kappa shape index (κ3) is 3.24. The van der Waals surface area contributed by atoms with Gasteiger partial charge in [-0.1, -0.05) is 11.6 Å². The molecule has 0 spiro atoms. The summed E-state index contributed by atoms with van der Waals surface area (Å²) in [5.74, 6) is 0. The lowest BCUT2D eigenvalue weighted by atomic mass is 10.4. The highest BCUT2D eigenvalue weighted by atomic mass is 35.5. The highest BCUT2D eigenvalue weighted by Crippen LogP contribution is 2.02. The zero-order valence-electron chi connectivity index (χ0n) is 5.10. The van der Waals surface area contributed by atoms with E-state index < -0.39 is 11.7 Å². The molecule has 0 radical (unpaired) electrons. The van der Waals surface area contributed by atoms with E-state index in [4.69, 9.17) is 21.4 Å². The van der Waals surface area contributed by atoms with E-state index in [1.54, 1.807) is 6.92 Å². The van der Waals surface area contributed by atoms with Gasteiger partial charge in [-0.25, -0.2) is 0 Å². The third-order valence-electron chi connectivity index (χ3n) is 0.705. The van der Waals surface area contributed by atoms with Crippen LogP contribution < -0.4 is 0 Å². The van der Waals surface area contributed by atoms with Gasteiger partial charge in [-0.3, -0.25) is 0 Å². The largest absolute Gasteiger partial charge is 0.389 e. The van der Waals surface area contributed by atoms with Crippen LogP contribution in [0.2, 0.25) is 0 Å². The maximum Gasteiger partial charge on any atom is 0.156 e. The summed E-state index contributed by atoms with van der Waals surface area (Å²) in [6.45, 7) is 3.96. The van der Waals surface area contributed by atoms with Gasteiger partial charge in [0.25, 0.3) is 0 Å². The molecule has 0 saturated heterocycles. The number of hydrogen-bond acceptors (Lipinski definition) is 2. The molecule has 0 aromatic heterocycles. The van der Waals surface area contributed by atoms with E-state index in [0.29, 0.717) is 6.61 Å². The first kappa shape index (κ1) is 8.21. The second-order valence-corrected chi connectivity index (χ2v) is 1.98. The number of ether oxygens (including phenoxy) is 1. The molecule has 8 heavy (non-hydrogen) atoms. The third-order valence-corrected chi connectivity index (χ3v) is 1.20. The zero-order chi connectivity index (χ0) is 6.57. The van der Waals surface area contributed by atoms with Crippen molar-refractivity contribution in [3.63, 3.8) is 0 Å². The molecule has 0 aliphatic carbocycles. The van der Waals surface area contributed by atoms with Gasteiger partial charge in [0, 0.05) is 6.61 Å². The molecule has 0 heterocycles. The van der Waals surface area contributed by atoms with Crippen molar-refractivity contribution in [2.75, 3.05) is 6.61 Å². The first-order valence-electron chi connectivity index (χ1n) is 2.62. The van der Waals surface area contributed by atoms with Crippen molar-refractivity contribution >= 4 is 11.6 Å². The number of rotatable bonds is 3. The predicted molar refractivity (Wildman–Crippen MR) is 32.9 cm³/mol. The van der Waals surface area contributed by atoms with Gasteiger partial charge < -0.3 is 9.84 Å². The minimum absolute atomic E-state index is 0.541. The van der Waals surface area contributed by atoms with E-state index in [-0.39, 0.29) is 0 Å². The number of aliphatic hydroxyl groups is 1. The molecule has 2 unspecified atom stereocenters. The summed E-state index contributed by atoms with van der Waals surface area (Å²) in [6, 6.07) is 0. The van der Waals surface area contributed by atoms with E-state index in [0.717, 1.165) is 0 Å². The van der Waals surface area contributed by atoms with Crippen LogP contribution in [-0.2, 0) is 4.74 Å². The fourth-order valence-corrected chi connectivity index (χ4v) is 0.424. The molecule has 0 aliphatic rings. The highest BCUT2D eigenvalue weighted by Gasteiger charge is 2.08. The van der Waals surface area contributed by atoms with Crippen molar-refractivity contribution < 1.29 is 9.84 Å². The van der Waals surface area contributed by atoms with Crippen LogP contribution >= 0.6 is 11.6 Å². The van der Waals surface area contributed by atoms with Crippen LogP contribution in [0.25, 0.3) is 0 Å². The minimum Gasteiger partial charge on any atom is -0.389 e. The molecule has 0 aromatic rings. The molecule has 0 rings (SSSR count). The van der Waals surface area contributed by atoms with Crippen LogP contribution in [-0.4, -0.2) is 23.4 Å². The molecule has 3 heteroatoms. The lowest BCUT2D eigenvalue weighted by molar-refractivity contribution is 0.0249. The summed E-state index contributed by atoms with van der Waals surface area (Å²) < 4.78 is 4.82. The summed E-state index contributed by atoms with van der Waals surface area (Å²) in [6.07, 6.45) is -0.586. The average Bonchev–Trinajstić information content (AvgIpc) is 1.67. The van der Waals surface area contributed by atoms with Crippen molar-refractivity contribution in [3.05, 3.63) is 0 Å². The number of alkyl halides is 1. The Kier molecular flexibility index (Phi) is 4.23. The molecular weight excluding hydrogens is 128 g/mol. The quantitative estimate of drug-likeness (QED) is 0.589. The zero-order valence-corrected chi connectivity index (χ0v) is 5.85. The maximum absolute atomic E-state index is 8.70. The van der Waals surface area contributed by atoms with Gasteiger partial charge in [-0.2, -0.15) is 0 Å². The van der Waals surface area contributed by atoms with Crippen molar-refractivity contribution in [2.45, 2.75) is 25.5 Å². The van der Waals surface area contributed by atoms with E-state index in [9.17, 15) is 0 Å². The molecule has 0 saturated carbocycles. The van der Waals surface area contributed by atoms with E-state index >= 15 is 0 Å². The molecule has 50 valence electrons. The Labute approximate surface area is 54.4 Å². The predicted octanol–water partition coefficient (Wildman–Crippen LogP) is 0.969. The molecule has 2 nitrogen and oxygen atoms in total. The van der Waals surface area contributed by atoms with Crippen LogP contribution in [0.15, 0.2) is 0 Å². The fourth-order valence-electron chi connectivity index (χ4n) is 0.298. The number of halogens is 1. The maximum atomic E-state index is 8.70. The van der Waals surface area contributed by atoms with Crippen molar-refractivity contribution in [3.8, 4) is 0 Å².